The highest BCUT2D eigenvalue weighted by molar-refractivity contribution is 6.30. The van der Waals surface area contributed by atoms with Crippen LogP contribution in [0.3, 0.4) is 0 Å². The molecule has 1 rings (SSSR count). The number of methoxy groups -OCH3 is 1. The SMILES string of the molecule is COC(=O)[C@@H](N)Cc1ccc(Cl)cc1O. The van der Waals surface area contributed by atoms with Gasteiger partial charge in [0.2, 0.25) is 0 Å². The van der Waals surface area contributed by atoms with Gasteiger partial charge in [-0.1, -0.05) is 17.7 Å². The van der Waals surface area contributed by atoms with Crippen molar-refractivity contribution in [2.75, 3.05) is 7.11 Å². The Morgan fingerprint density at radius 3 is 2.87 bits per heavy atom. The normalized spacial score (nSPS) is 12.2. The van der Waals surface area contributed by atoms with Gasteiger partial charge in [0.25, 0.3) is 0 Å². The average Bonchev–Trinajstić information content (AvgIpc) is 2.20. The topological polar surface area (TPSA) is 72.5 Å². The molecule has 0 radical (unpaired) electrons. The van der Waals surface area contributed by atoms with Gasteiger partial charge in [-0.2, -0.15) is 0 Å². The molecule has 0 saturated heterocycles. The summed E-state index contributed by atoms with van der Waals surface area (Å²) >= 11 is 5.66. The molecule has 0 heterocycles. The van der Waals surface area contributed by atoms with E-state index < -0.39 is 12.0 Å². The van der Waals surface area contributed by atoms with Crippen LogP contribution in [0.25, 0.3) is 0 Å². The van der Waals surface area contributed by atoms with Crippen LogP contribution in [0.2, 0.25) is 5.02 Å². The fourth-order valence-electron chi connectivity index (χ4n) is 1.18. The number of esters is 1. The fraction of sp³-hybridized carbons (Fsp3) is 0.300. The molecule has 0 aromatic heterocycles. The van der Waals surface area contributed by atoms with Gasteiger partial charge in [-0.3, -0.25) is 4.79 Å². The highest BCUT2D eigenvalue weighted by Gasteiger charge is 2.16. The summed E-state index contributed by atoms with van der Waals surface area (Å²) in [4.78, 5) is 11.0. The molecular weight excluding hydrogens is 218 g/mol. The molecule has 0 amide bonds. The maximum Gasteiger partial charge on any atom is 0.322 e. The number of carbonyl (C=O) groups excluding carboxylic acids is 1. The Morgan fingerprint density at radius 1 is 1.67 bits per heavy atom. The summed E-state index contributed by atoms with van der Waals surface area (Å²) in [7, 11) is 1.27. The van der Waals surface area contributed by atoms with Crippen molar-refractivity contribution in [3.8, 4) is 5.75 Å². The van der Waals surface area contributed by atoms with Crippen LogP contribution in [0, 0.1) is 0 Å². The molecule has 0 aliphatic carbocycles. The number of phenolic OH excluding ortho intramolecular Hbond substituents is 1. The van der Waals surface area contributed by atoms with Crippen molar-refractivity contribution >= 4 is 17.6 Å². The van der Waals surface area contributed by atoms with Gasteiger partial charge < -0.3 is 15.6 Å². The zero-order chi connectivity index (χ0) is 11.4. The number of ether oxygens (including phenoxy) is 1. The van der Waals surface area contributed by atoms with E-state index in [0.29, 0.717) is 10.6 Å². The maximum atomic E-state index is 11.0. The molecule has 1 atom stereocenters. The molecule has 0 saturated carbocycles. The van der Waals surface area contributed by atoms with E-state index in [9.17, 15) is 9.90 Å². The number of benzene rings is 1. The lowest BCUT2D eigenvalue weighted by Gasteiger charge is -2.10. The number of nitrogens with two attached hydrogens (primary N) is 1. The summed E-state index contributed by atoms with van der Waals surface area (Å²) in [5.74, 6) is -0.480. The van der Waals surface area contributed by atoms with E-state index in [4.69, 9.17) is 17.3 Å². The molecule has 0 bridgehead atoms. The minimum absolute atomic E-state index is 0.0295. The van der Waals surface area contributed by atoms with Crippen LogP contribution in [-0.4, -0.2) is 24.2 Å². The Morgan fingerprint density at radius 2 is 2.33 bits per heavy atom. The number of phenols is 1. The minimum Gasteiger partial charge on any atom is -0.508 e. The van der Waals surface area contributed by atoms with Gasteiger partial charge >= 0.3 is 5.97 Å². The average molecular weight is 230 g/mol. The Labute approximate surface area is 92.6 Å². The Hall–Kier alpha value is -1.26. The van der Waals surface area contributed by atoms with Crippen molar-refractivity contribution in [1.82, 2.24) is 0 Å². The Kier molecular flexibility index (Phi) is 3.94. The molecule has 0 aliphatic heterocycles. The first kappa shape index (κ1) is 11.8. The summed E-state index contributed by atoms with van der Waals surface area (Å²) < 4.78 is 4.48. The first-order valence-electron chi connectivity index (χ1n) is 4.35. The van der Waals surface area contributed by atoms with Crippen LogP contribution >= 0.6 is 11.6 Å². The summed E-state index contributed by atoms with van der Waals surface area (Å²) in [6.45, 7) is 0. The lowest BCUT2D eigenvalue weighted by Crippen LogP contribution is -2.33. The quantitative estimate of drug-likeness (QED) is 0.761. The van der Waals surface area contributed by atoms with Gasteiger partial charge in [-0.15, -0.1) is 0 Å². The van der Waals surface area contributed by atoms with Gasteiger partial charge in [-0.05, 0) is 17.7 Å². The lowest BCUT2D eigenvalue weighted by atomic mass is 10.1. The third-order valence-electron chi connectivity index (χ3n) is 1.99. The summed E-state index contributed by atoms with van der Waals surface area (Å²) in [6, 6.07) is 3.88. The number of hydrogen-bond donors (Lipinski definition) is 2. The van der Waals surface area contributed by atoms with Crippen LogP contribution in [0.4, 0.5) is 0 Å². The second-order valence-electron chi connectivity index (χ2n) is 3.11. The van der Waals surface area contributed by atoms with Gasteiger partial charge in [0.05, 0.1) is 7.11 Å². The molecule has 5 heteroatoms. The molecule has 4 nitrogen and oxygen atoms in total. The van der Waals surface area contributed by atoms with Gasteiger partial charge in [-0.25, -0.2) is 0 Å². The largest absolute Gasteiger partial charge is 0.508 e. The second-order valence-corrected chi connectivity index (χ2v) is 3.54. The number of aromatic hydroxyl groups is 1. The smallest absolute Gasteiger partial charge is 0.322 e. The molecule has 3 N–H and O–H groups in total. The molecule has 82 valence electrons. The molecule has 1 aromatic rings. The van der Waals surface area contributed by atoms with Crippen molar-refractivity contribution in [2.24, 2.45) is 5.73 Å². The zero-order valence-electron chi connectivity index (χ0n) is 8.24. The van der Waals surface area contributed by atoms with Crippen LogP contribution in [-0.2, 0) is 16.0 Å². The lowest BCUT2D eigenvalue weighted by molar-refractivity contribution is -0.142. The maximum absolute atomic E-state index is 11.0. The summed E-state index contributed by atoms with van der Waals surface area (Å²) in [5.41, 5.74) is 6.12. The van der Waals surface area contributed by atoms with E-state index in [1.54, 1.807) is 12.1 Å². The minimum atomic E-state index is -0.776. The molecular formula is C10H12ClNO3. The predicted molar refractivity (Wildman–Crippen MR) is 56.8 cm³/mol. The predicted octanol–water partition coefficient (Wildman–Crippen LogP) is 1.09. The zero-order valence-corrected chi connectivity index (χ0v) is 8.99. The number of carbonyl (C=O) groups is 1. The van der Waals surface area contributed by atoms with E-state index in [1.807, 2.05) is 0 Å². The van der Waals surface area contributed by atoms with Crippen molar-refractivity contribution in [2.45, 2.75) is 12.5 Å². The molecule has 0 spiro atoms. The van der Waals surface area contributed by atoms with E-state index in [2.05, 4.69) is 4.74 Å². The number of hydrogen-bond acceptors (Lipinski definition) is 4. The van der Waals surface area contributed by atoms with Crippen LogP contribution < -0.4 is 5.73 Å². The number of rotatable bonds is 3. The van der Waals surface area contributed by atoms with Gasteiger partial charge in [0.1, 0.15) is 11.8 Å². The third kappa shape index (κ3) is 3.11. The van der Waals surface area contributed by atoms with Crippen LogP contribution in [0.5, 0.6) is 5.75 Å². The summed E-state index contributed by atoms with van der Waals surface area (Å²) in [6.07, 6.45) is 0.218. The van der Waals surface area contributed by atoms with E-state index in [-0.39, 0.29) is 12.2 Å². The summed E-state index contributed by atoms with van der Waals surface area (Å²) in [5, 5.41) is 9.94. The van der Waals surface area contributed by atoms with Crippen molar-refractivity contribution in [3.05, 3.63) is 28.8 Å². The molecule has 0 fully saturated rings. The van der Waals surface area contributed by atoms with Crippen molar-refractivity contribution in [3.63, 3.8) is 0 Å². The standard InChI is InChI=1S/C10H12ClNO3/c1-15-10(14)8(12)4-6-2-3-7(11)5-9(6)13/h2-3,5,8,13H,4,12H2,1H3/t8-/m0/s1. The Bertz CT molecular complexity index is 368. The number of halogens is 1. The van der Waals surface area contributed by atoms with Crippen LogP contribution in [0.1, 0.15) is 5.56 Å². The van der Waals surface area contributed by atoms with E-state index in [0.717, 1.165) is 0 Å². The second kappa shape index (κ2) is 5.00. The first-order valence-corrected chi connectivity index (χ1v) is 4.73. The Balaban J connectivity index is 2.76. The molecule has 15 heavy (non-hydrogen) atoms. The van der Waals surface area contributed by atoms with Gasteiger partial charge in [0.15, 0.2) is 0 Å². The van der Waals surface area contributed by atoms with Gasteiger partial charge in [0, 0.05) is 11.4 Å². The highest BCUT2D eigenvalue weighted by atomic mass is 35.5. The van der Waals surface area contributed by atoms with Crippen LogP contribution in [0.15, 0.2) is 18.2 Å². The monoisotopic (exact) mass is 229 g/mol. The highest BCUT2D eigenvalue weighted by Crippen LogP contribution is 2.22. The van der Waals surface area contributed by atoms with Crippen molar-refractivity contribution < 1.29 is 14.6 Å². The molecule has 1 aromatic carbocycles. The van der Waals surface area contributed by atoms with Crippen molar-refractivity contribution in [1.29, 1.82) is 0 Å². The fourth-order valence-corrected chi connectivity index (χ4v) is 1.35. The van der Waals surface area contributed by atoms with E-state index in [1.165, 1.54) is 13.2 Å². The first-order chi connectivity index (χ1) is 7.04. The molecule has 0 aliphatic rings. The third-order valence-corrected chi connectivity index (χ3v) is 2.23. The molecule has 0 unspecified atom stereocenters. The van der Waals surface area contributed by atoms with E-state index >= 15 is 0 Å².